The van der Waals surface area contributed by atoms with Gasteiger partial charge in [0.1, 0.15) is 5.75 Å². The summed E-state index contributed by atoms with van der Waals surface area (Å²) < 4.78 is 29.4. The number of nitrogens with one attached hydrogen (secondary N) is 1. The van der Waals surface area contributed by atoms with Crippen molar-refractivity contribution in [2.45, 2.75) is 57.2 Å². The fourth-order valence-electron chi connectivity index (χ4n) is 2.56. The average Bonchev–Trinajstić information content (AvgIpc) is 2.36. The van der Waals surface area contributed by atoms with E-state index < -0.39 is 26.8 Å². The molecule has 1 rings (SSSR count). The third kappa shape index (κ3) is 5.10. The molecule has 19 heavy (non-hydrogen) atoms. The van der Waals surface area contributed by atoms with E-state index in [-0.39, 0.29) is 12.6 Å². The van der Waals surface area contributed by atoms with E-state index in [2.05, 4.69) is 12.2 Å². The second kappa shape index (κ2) is 7.85. The zero-order valence-electron chi connectivity index (χ0n) is 11.9. The smallest absolute Gasteiger partial charge is 0.321 e. The van der Waals surface area contributed by atoms with Gasteiger partial charge in [0.15, 0.2) is 9.84 Å². The molecule has 0 aromatic rings. The molecule has 2 atom stereocenters. The molecule has 1 saturated carbocycles. The molecule has 5 nitrogen and oxygen atoms in total. The van der Waals surface area contributed by atoms with Crippen LogP contribution in [0.4, 0.5) is 0 Å². The summed E-state index contributed by atoms with van der Waals surface area (Å²) in [5.74, 6) is -1.13. The van der Waals surface area contributed by atoms with Crippen molar-refractivity contribution in [3.05, 3.63) is 0 Å². The lowest BCUT2D eigenvalue weighted by molar-refractivity contribution is -0.139. The molecule has 0 aromatic heterocycles. The standard InChI is InChI=1S/C13H25NO4S/c1-3-9-14-11-7-5-6-8-12(11)19(16,17)10-13(15)18-4-2/h11-12,14H,3-10H2,1-2H3. The summed E-state index contributed by atoms with van der Waals surface area (Å²) in [5, 5.41) is 2.85. The molecule has 0 heterocycles. The van der Waals surface area contributed by atoms with Crippen molar-refractivity contribution >= 4 is 15.8 Å². The molecule has 0 amide bonds. The van der Waals surface area contributed by atoms with Crippen LogP contribution in [0.1, 0.15) is 46.0 Å². The predicted molar refractivity (Wildman–Crippen MR) is 74.8 cm³/mol. The third-order valence-corrected chi connectivity index (χ3v) is 5.57. The van der Waals surface area contributed by atoms with Gasteiger partial charge in [-0.05, 0) is 32.7 Å². The fraction of sp³-hybridized carbons (Fsp3) is 0.923. The first kappa shape index (κ1) is 16.4. The number of ether oxygens (including phenoxy) is 1. The molecule has 1 aliphatic rings. The van der Waals surface area contributed by atoms with Gasteiger partial charge in [-0.2, -0.15) is 0 Å². The van der Waals surface area contributed by atoms with Gasteiger partial charge in [0.25, 0.3) is 0 Å². The summed E-state index contributed by atoms with van der Waals surface area (Å²) in [6, 6.07) is -0.0203. The molecular weight excluding hydrogens is 266 g/mol. The van der Waals surface area contributed by atoms with E-state index in [1.165, 1.54) is 0 Å². The van der Waals surface area contributed by atoms with Gasteiger partial charge in [0.05, 0.1) is 11.9 Å². The number of carbonyl (C=O) groups is 1. The fourth-order valence-corrected chi connectivity index (χ4v) is 4.45. The van der Waals surface area contributed by atoms with Crippen LogP contribution in [-0.2, 0) is 19.4 Å². The van der Waals surface area contributed by atoms with E-state index in [1.54, 1.807) is 6.92 Å². The first-order valence-electron chi connectivity index (χ1n) is 7.11. The van der Waals surface area contributed by atoms with Crippen LogP contribution in [0.5, 0.6) is 0 Å². The minimum absolute atomic E-state index is 0.0203. The zero-order valence-corrected chi connectivity index (χ0v) is 12.7. The summed E-state index contributed by atoms with van der Waals surface area (Å²) in [4.78, 5) is 11.4. The van der Waals surface area contributed by atoms with E-state index in [9.17, 15) is 13.2 Å². The van der Waals surface area contributed by atoms with E-state index >= 15 is 0 Å². The molecular formula is C13H25NO4S. The van der Waals surface area contributed by atoms with Gasteiger partial charge >= 0.3 is 5.97 Å². The topological polar surface area (TPSA) is 72.5 Å². The highest BCUT2D eigenvalue weighted by atomic mass is 32.2. The van der Waals surface area contributed by atoms with Crippen LogP contribution in [-0.4, -0.2) is 44.6 Å². The van der Waals surface area contributed by atoms with Crippen molar-refractivity contribution in [3.8, 4) is 0 Å². The normalized spacial score (nSPS) is 24.1. The van der Waals surface area contributed by atoms with E-state index in [4.69, 9.17) is 4.74 Å². The van der Waals surface area contributed by atoms with Crippen molar-refractivity contribution in [2.75, 3.05) is 18.9 Å². The van der Waals surface area contributed by atoms with Crippen LogP contribution in [0, 0.1) is 0 Å². The van der Waals surface area contributed by atoms with Crippen LogP contribution < -0.4 is 5.32 Å². The molecule has 1 fully saturated rings. The lowest BCUT2D eigenvalue weighted by atomic mass is 9.95. The Balaban J connectivity index is 2.69. The van der Waals surface area contributed by atoms with Crippen LogP contribution in [0.15, 0.2) is 0 Å². The molecule has 0 bridgehead atoms. The largest absolute Gasteiger partial charge is 0.465 e. The lowest BCUT2D eigenvalue weighted by Crippen LogP contribution is -2.48. The van der Waals surface area contributed by atoms with Gasteiger partial charge in [-0.15, -0.1) is 0 Å². The zero-order chi connectivity index (χ0) is 14.3. The molecule has 0 spiro atoms. The quantitative estimate of drug-likeness (QED) is 0.715. The van der Waals surface area contributed by atoms with E-state index in [0.29, 0.717) is 6.42 Å². The van der Waals surface area contributed by atoms with Gasteiger partial charge in [0.2, 0.25) is 0 Å². The first-order valence-corrected chi connectivity index (χ1v) is 8.83. The number of hydrogen-bond acceptors (Lipinski definition) is 5. The average molecular weight is 291 g/mol. The van der Waals surface area contributed by atoms with Gasteiger partial charge in [-0.25, -0.2) is 8.42 Å². The van der Waals surface area contributed by atoms with Crippen LogP contribution in [0.3, 0.4) is 0 Å². The highest BCUT2D eigenvalue weighted by molar-refractivity contribution is 7.92. The van der Waals surface area contributed by atoms with E-state index in [0.717, 1.165) is 32.2 Å². The number of hydrogen-bond donors (Lipinski definition) is 1. The van der Waals surface area contributed by atoms with Gasteiger partial charge < -0.3 is 10.1 Å². The number of sulfone groups is 1. The highest BCUT2D eigenvalue weighted by Gasteiger charge is 2.36. The van der Waals surface area contributed by atoms with Gasteiger partial charge in [-0.3, -0.25) is 4.79 Å². The third-order valence-electron chi connectivity index (χ3n) is 3.44. The van der Waals surface area contributed by atoms with Crippen molar-refractivity contribution in [1.29, 1.82) is 0 Å². The predicted octanol–water partition coefficient (Wildman–Crippen LogP) is 1.28. The number of esters is 1. The molecule has 1 N–H and O–H groups in total. The van der Waals surface area contributed by atoms with Gasteiger partial charge in [0, 0.05) is 6.04 Å². The molecule has 112 valence electrons. The molecule has 0 saturated heterocycles. The monoisotopic (exact) mass is 291 g/mol. The summed E-state index contributed by atoms with van der Waals surface area (Å²) >= 11 is 0. The number of carbonyl (C=O) groups excluding carboxylic acids is 1. The summed E-state index contributed by atoms with van der Waals surface area (Å²) in [6.07, 6.45) is 4.45. The van der Waals surface area contributed by atoms with Gasteiger partial charge in [-0.1, -0.05) is 19.8 Å². The molecule has 0 radical (unpaired) electrons. The Bertz CT molecular complexity index is 380. The Morgan fingerprint density at radius 1 is 1.26 bits per heavy atom. The molecule has 0 aliphatic heterocycles. The second-order valence-corrected chi connectivity index (χ2v) is 7.22. The number of rotatable bonds is 7. The lowest BCUT2D eigenvalue weighted by Gasteiger charge is -2.31. The first-order chi connectivity index (χ1) is 9.01. The van der Waals surface area contributed by atoms with Crippen molar-refractivity contribution in [1.82, 2.24) is 5.32 Å². The minimum atomic E-state index is -3.42. The second-order valence-electron chi connectivity index (χ2n) is 5.00. The van der Waals surface area contributed by atoms with Crippen LogP contribution >= 0.6 is 0 Å². The molecule has 0 aromatic carbocycles. The maximum Gasteiger partial charge on any atom is 0.321 e. The van der Waals surface area contributed by atoms with Crippen molar-refractivity contribution < 1.29 is 17.9 Å². The maximum atomic E-state index is 12.3. The Hall–Kier alpha value is -0.620. The van der Waals surface area contributed by atoms with Crippen LogP contribution in [0.2, 0.25) is 0 Å². The Labute approximate surface area is 116 Å². The van der Waals surface area contributed by atoms with Crippen LogP contribution in [0.25, 0.3) is 0 Å². The van der Waals surface area contributed by atoms with Crippen molar-refractivity contribution in [3.63, 3.8) is 0 Å². The Morgan fingerprint density at radius 2 is 1.95 bits per heavy atom. The summed E-state index contributed by atoms with van der Waals surface area (Å²) in [6.45, 7) is 4.77. The Morgan fingerprint density at radius 3 is 2.58 bits per heavy atom. The minimum Gasteiger partial charge on any atom is -0.465 e. The Kier molecular flexibility index (Phi) is 6.79. The van der Waals surface area contributed by atoms with E-state index in [1.807, 2.05) is 0 Å². The molecule has 6 heteroatoms. The maximum absolute atomic E-state index is 12.3. The van der Waals surface area contributed by atoms with Crippen molar-refractivity contribution in [2.24, 2.45) is 0 Å². The molecule has 2 unspecified atom stereocenters. The highest BCUT2D eigenvalue weighted by Crippen LogP contribution is 2.25. The SMILES string of the molecule is CCCNC1CCCCC1S(=O)(=O)CC(=O)OCC. The summed E-state index contributed by atoms with van der Waals surface area (Å²) in [7, 11) is -3.42. The molecule has 1 aliphatic carbocycles. The summed E-state index contributed by atoms with van der Waals surface area (Å²) in [5.41, 5.74) is 0.